The summed E-state index contributed by atoms with van der Waals surface area (Å²) < 4.78 is 22.0. The minimum absolute atomic E-state index is 0.0394. The van der Waals surface area contributed by atoms with Crippen molar-refractivity contribution in [3.05, 3.63) is 57.6 Å². The summed E-state index contributed by atoms with van der Waals surface area (Å²) in [5.74, 6) is -2.45. The number of nitrogens with one attached hydrogen (secondary N) is 4. The van der Waals surface area contributed by atoms with Gasteiger partial charge in [0.1, 0.15) is 5.41 Å². The van der Waals surface area contributed by atoms with Gasteiger partial charge in [0.05, 0.1) is 31.2 Å². The minimum Gasteiger partial charge on any atom is -0.376 e. The summed E-state index contributed by atoms with van der Waals surface area (Å²) in [7, 11) is 1.59. The third-order valence-corrected chi connectivity index (χ3v) is 10.9. The number of rotatable bonds is 5. The molecule has 3 fully saturated rings. The Kier molecular flexibility index (Phi) is 8.18. The summed E-state index contributed by atoms with van der Waals surface area (Å²) >= 11 is 12.6. The van der Waals surface area contributed by atoms with E-state index >= 15 is 4.39 Å². The molecule has 3 amide bonds. The van der Waals surface area contributed by atoms with Gasteiger partial charge in [0, 0.05) is 35.4 Å². The van der Waals surface area contributed by atoms with Gasteiger partial charge in [0.25, 0.3) is 0 Å². The second kappa shape index (κ2) is 11.5. The quantitative estimate of drug-likeness (QED) is 0.352. The molecular formula is C32H38Cl2FN5O4. The molecule has 9 nitrogen and oxygen atoms in total. The summed E-state index contributed by atoms with van der Waals surface area (Å²) in [5, 5.41) is 12.6. The first-order valence-electron chi connectivity index (χ1n) is 15.2. The minimum atomic E-state index is -1.33. The van der Waals surface area contributed by atoms with E-state index in [1.54, 1.807) is 19.2 Å². The molecule has 2 aromatic rings. The number of nitrogens with zero attached hydrogens (tertiary/aromatic N) is 1. The molecule has 4 aliphatic rings. The maximum Gasteiger partial charge on any atom is 0.238 e. The molecule has 0 radical (unpaired) electrons. The zero-order valence-electron chi connectivity index (χ0n) is 25.1. The Balaban J connectivity index is 1.43. The summed E-state index contributed by atoms with van der Waals surface area (Å²) in [6.07, 6.45) is 5.48. The number of amides is 3. The number of halogens is 3. The maximum atomic E-state index is 16.0. The summed E-state index contributed by atoms with van der Waals surface area (Å²) in [5.41, 5.74) is -0.755. The highest BCUT2D eigenvalue weighted by molar-refractivity contribution is 6.31. The van der Waals surface area contributed by atoms with Crippen molar-refractivity contribution < 1.29 is 23.5 Å². The lowest BCUT2D eigenvalue weighted by molar-refractivity contribution is -0.128. The van der Waals surface area contributed by atoms with Crippen molar-refractivity contribution in [2.24, 2.45) is 5.41 Å². The van der Waals surface area contributed by atoms with Crippen molar-refractivity contribution in [1.82, 2.24) is 20.9 Å². The van der Waals surface area contributed by atoms with E-state index in [0.717, 1.165) is 12.8 Å². The normalized spacial score (nSPS) is 30.2. The Morgan fingerprint density at radius 2 is 1.89 bits per heavy atom. The number of benzene rings is 1. The summed E-state index contributed by atoms with van der Waals surface area (Å²) in [6, 6.07) is 5.51. The van der Waals surface area contributed by atoms with Crippen LogP contribution in [0.4, 0.5) is 10.1 Å². The van der Waals surface area contributed by atoms with Gasteiger partial charge in [-0.05, 0) is 73.3 Å². The smallest absolute Gasteiger partial charge is 0.238 e. The van der Waals surface area contributed by atoms with E-state index in [1.807, 2.05) is 6.07 Å². The van der Waals surface area contributed by atoms with Gasteiger partial charge in [-0.1, -0.05) is 43.1 Å². The molecule has 6 rings (SSSR count). The van der Waals surface area contributed by atoms with Gasteiger partial charge in [0.15, 0.2) is 11.0 Å². The molecule has 2 saturated heterocycles. The second-order valence-corrected chi connectivity index (χ2v) is 14.2. The molecule has 0 unspecified atom stereocenters. The third-order valence-electron chi connectivity index (χ3n) is 10.4. The van der Waals surface area contributed by atoms with E-state index in [2.05, 4.69) is 40.1 Å². The van der Waals surface area contributed by atoms with Crippen LogP contribution in [0.15, 0.2) is 30.5 Å². The number of fused-ring (bicyclic) bond motifs is 3. The molecule has 236 valence electrons. The standard InChI is InChI=1S/C32H38Cl2FN5O4/c1-30(2)9-11-31(12-10-30)32(21-7-4-17(33)14-22(21)39-29(32)43)24(20-8-13-37-27(34)25(20)35)26(40-31)28(42)38-18-5-6-19(44-16-18)15-23(41)36-3/h4,7-8,13-14,18-19,24,26,40H,5-6,9-12,15-16H2,1-3H3,(H,36,41)(H,38,42)(H,39,43)/t18-,19+,24+,26-,32-/m1/s1. The van der Waals surface area contributed by atoms with Crippen molar-refractivity contribution in [3.8, 4) is 0 Å². The fraction of sp³-hybridized carbons (Fsp3) is 0.562. The molecule has 5 atom stereocenters. The van der Waals surface area contributed by atoms with E-state index in [0.29, 0.717) is 42.0 Å². The van der Waals surface area contributed by atoms with Crippen LogP contribution in [-0.4, -0.2) is 60.1 Å². The Labute approximate surface area is 266 Å². The molecule has 44 heavy (non-hydrogen) atoms. The highest BCUT2D eigenvalue weighted by atomic mass is 35.5. The number of ether oxygens (including phenoxy) is 1. The Morgan fingerprint density at radius 1 is 1.14 bits per heavy atom. The van der Waals surface area contributed by atoms with Gasteiger partial charge in [-0.2, -0.15) is 0 Å². The number of hydrogen-bond acceptors (Lipinski definition) is 6. The zero-order chi connectivity index (χ0) is 31.4. The van der Waals surface area contributed by atoms with E-state index in [-0.39, 0.29) is 59.0 Å². The van der Waals surface area contributed by atoms with Gasteiger partial charge < -0.3 is 20.7 Å². The predicted molar refractivity (Wildman–Crippen MR) is 165 cm³/mol. The zero-order valence-corrected chi connectivity index (χ0v) is 26.6. The van der Waals surface area contributed by atoms with Gasteiger partial charge in [-0.25, -0.2) is 9.37 Å². The number of hydrogen-bond donors (Lipinski definition) is 4. The van der Waals surface area contributed by atoms with Crippen LogP contribution in [0, 0.1) is 11.2 Å². The molecule has 4 heterocycles. The van der Waals surface area contributed by atoms with Crippen LogP contribution in [0.5, 0.6) is 0 Å². The fourth-order valence-corrected chi connectivity index (χ4v) is 8.35. The lowest BCUT2D eigenvalue weighted by Gasteiger charge is -2.50. The summed E-state index contributed by atoms with van der Waals surface area (Å²) in [4.78, 5) is 44.6. The van der Waals surface area contributed by atoms with Crippen LogP contribution in [0.3, 0.4) is 0 Å². The molecular weight excluding hydrogens is 608 g/mol. The predicted octanol–water partition coefficient (Wildman–Crippen LogP) is 4.61. The van der Waals surface area contributed by atoms with Gasteiger partial charge >= 0.3 is 0 Å². The van der Waals surface area contributed by atoms with E-state index < -0.39 is 28.7 Å². The van der Waals surface area contributed by atoms with Crippen molar-refractivity contribution in [3.63, 3.8) is 0 Å². The van der Waals surface area contributed by atoms with Crippen molar-refractivity contribution in [1.29, 1.82) is 0 Å². The van der Waals surface area contributed by atoms with Crippen molar-refractivity contribution in [2.45, 2.75) is 93.9 Å². The molecule has 1 aliphatic carbocycles. The lowest BCUT2D eigenvalue weighted by Crippen LogP contribution is -2.61. The van der Waals surface area contributed by atoms with Crippen molar-refractivity contribution >= 4 is 46.6 Å². The Hall–Kier alpha value is -2.79. The molecule has 1 aromatic heterocycles. The van der Waals surface area contributed by atoms with Crippen LogP contribution < -0.4 is 21.3 Å². The first-order valence-corrected chi connectivity index (χ1v) is 16.0. The van der Waals surface area contributed by atoms with Gasteiger partial charge in [-0.3, -0.25) is 19.7 Å². The number of pyridine rings is 1. The van der Waals surface area contributed by atoms with Crippen LogP contribution in [0.2, 0.25) is 10.2 Å². The van der Waals surface area contributed by atoms with E-state index in [9.17, 15) is 14.4 Å². The van der Waals surface area contributed by atoms with Crippen LogP contribution >= 0.6 is 23.2 Å². The first kappa shape index (κ1) is 31.2. The fourth-order valence-electron chi connectivity index (χ4n) is 8.01. The van der Waals surface area contributed by atoms with E-state index in [4.69, 9.17) is 27.9 Å². The SMILES string of the molecule is CNC(=O)C[C@@H]1CC[C@@H](NC(=O)[C@@H]2NC3(CCC(C)(C)CC3)[C@@]3(C(=O)Nc4cc(Cl)ccc43)[C@H]2c2ccnc(Cl)c2F)CO1. The van der Waals surface area contributed by atoms with Crippen LogP contribution in [-0.2, 0) is 24.5 Å². The number of carbonyl (C=O) groups is 3. The maximum absolute atomic E-state index is 16.0. The van der Waals surface area contributed by atoms with Crippen molar-refractivity contribution in [2.75, 3.05) is 19.0 Å². The average Bonchev–Trinajstić information content (AvgIpc) is 3.45. The molecule has 2 spiro atoms. The van der Waals surface area contributed by atoms with Crippen LogP contribution in [0.25, 0.3) is 0 Å². The molecule has 1 aromatic carbocycles. The first-order chi connectivity index (χ1) is 20.9. The van der Waals surface area contributed by atoms with Gasteiger partial charge in [-0.15, -0.1) is 0 Å². The molecule has 0 bridgehead atoms. The highest BCUT2D eigenvalue weighted by Crippen LogP contribution is 2.64. The molecule has 12 heteroatoms. The lowest BCUT2D eigenvalue weighted by atomic mass is 9.53. The third kappa shape index (κ3) is 5.07. The molecule has 1 saturated carbocycles. The average molecular weight is 647 g/mol. The number of anilines is 1. The molecule has 3 aliphatic heterocycles. The number of aromatic nitrogens is 1. The van der Waals surface area contributed by atoms with Gasteiger partial charge in [0.2, 0.25) is 17.7 Å². The Morgan fingerprint density at radius 3 is 2.57 bits per heavy atom. The highest BCUT2D eigenvalue weighted by Gasteiger charge is 2.73. The topological polar surface area (TPSA) is 121 Å². The van der Waals surface area contributed by atoms with E-state index in [1.165, 1.54) is 12.3 Å². The molecule has 4 N–H and O–H groups in total. The summed E-state index contributed by atoms with van der Waals surface area (Å²) in [6.45, 7) is 4.65. The van der Waals surface area contributed by atoms with Crippen LogP contribution in [0.1, 0.15) is 75.8 Å². The largest absolute Gasteiger partial charge is 0.376 e. The number of carbonyl (C=O) groups excluding carboxylic acids is 3. The second-order valence-electron chi connectivity index (χ2n) is 13.4. The Bertz CT molecular complexity index is 1490. The monoisotopic (exact) mass is 645 g/mol.